The van der Waals surface area contributed by atoms with Crippen molar-refractivity contribution in [1.29, 1.82) is 0 Å². The molecular formula is C19H27NO3. The van der Waals surface area contributed by atoms with Crippen molar-refractivity contribution in [3.05, 3.63) is 29.8 Å². The van der Waals surface area contributed by atoms with Crippen LogP contribution in [0, 0.1) is 17.3 Å². The minimum Gasteiger partial charge on any atom is -0.493 e. The van der Waals surface area contributed by atoms with Gasteiger partial charge >= 0.3 is 5.97 Å². The summed E-state index contributed by atoms with van der Waals surface area (Å²) in [5.74, 6) is 1.15. The van der Waals surface area contributed by atoms with E-state index in [2.05, 4.69) is 30.9 Å². The maximum absolute atomic E-state index is 11.7. The first-order valence-electron chi connectivity index (χ1n) is 8.67. The van der Waals surface area contributed by atoms with Crippen LogP contribution in [0.5, 0.6) is 5.75 Å². The lowest BCUT2D eigenvalue weighted by atomic mass is 9.81. The zero-order chi connectivity index (χ0) is 16.4. The summed E-state index contributed by atoms with van der Waals surface area (Å²) in [5, 5.41) is 9.66. The number of fused-ring (bicyclic) bond motifs is 1. The molecule has 0 aromatic heterocycles. The third kappa shape index (κ3) is 3.37. The van der Waals surface area contributed by atoms with Crippen molar-refractivity contribution in [3.8, 4) is 5.75 Å². The van der Waals surface area contributed by atoms with E-state index < -0.39 is 11.4 Å². The van der Waals surface area contributed by atoms with E-state index in [0.29, 0.717) is 18.4 Å². The molecule has 0 amide bonds. The van der Waals surface area contributed by atoms with Gasteiger partial charge in [-0.3, -0.25) is 9.69 Å². The Bertz CT molecular complexity index is 554. The molecule has 126 valence electrons. The Morgan fingerprint density at radius 2 is 2.13 bits per heavy atom. The smallest absolute Gasteiger partial charge is 0.311 e. The molecule has 0 unspecified atom stereocenters. The van der Waals surface area contributed by atoms with E-state index in [1.54, 1.807) is 0 Å². The Morgan fingerprint density at radius 3 is 2.74 bits per heavy atom. The van der Waals surface area contributed by atoms with Gasteiger partial charge in [-0.25, -0.2) is 0 Å². The maximum Gasteiger partial charge on any atom is 0.311 e. The summed E-state index contributed by atoms with van der Waals surface area (Å²) >= 11 is 0. The zero-order valence-electron chi connectivity index (χ0n) is 14.1. The first-order chi connectivity index (χ1) is 11.0. The summed E-state index contributed by atoms with van der Waals surface area (Å²) < 4.78 is 5.71. The first kappa shape index (κ1) is 16.3. The molecule has 1 aliphatic heterocycles. The molecule has 0 radical (unpaired) electrons. The fourth-order valence-corrected chi connectivity index (χ4v) is 4.08. The Balaban J connectivity index is 1.59. The molecule has 0 spiro atoms. The Labute approximate surface area is 138 Å². The van der Waals surface area contributed by atoms with Gasteiger partial charge in [0.2, 0.25) is 0 Å². The van der Waals surface area contributed by atoms with Crippen molar-refractivity contribution < 1.29 is 14.6 Å². The highest BCUT2D eigenvalue weighted by molar-refractivity contribution is 5.76. The molecule has 1 heterocycles. The van der Waals surface area contributed by atoms with Crippen molar-refractivity contribution in [2.24, 2.45) is 17.3 Å². The fraction of sp³-hybridized carbons (Fsp3) is 0.632. The third-order valence-electron chi connectivity index (χ3n) is 5.28. The molecule has 0 bridgehead atoms. The van der Waals surface area contributed by atoms with Crippen LogP contribution < -0.4 is 4.74 Å². The predicted octanol–water partition coefficient (Wildman–Crippen LogP) is 3.41. The zero-order valence-corrected chi connectivity index (χ0v) is 14.1. The van der Waals surface area contributed by atoms with E-state index >= 15 is 0 Å². The lowest BCUT2D eigenvalue weighted by Gasteiger charge is -2.23. The van der Waals surface area contributed by atoms with E-state index in [1.807, 2.05) is 12.1 Å². The average molecular weight is 317 g/mol. The number of aliphatic carboxylic acids is 1. The average Bonchev–Trinajstić information content (AvgIpc) is 3.04. The van der Waals surface area contributed by atoms with Crippen LogP contribution in [-0.4, -0.2) is 35.7 Å². The van der Waals surface area contributed by atoms with Crippen LogP contribution in [0.25, 0.3) is 0 Å². The van der Waals surface area contributed by atoms with Gasteiger partial charge in [0.25, 0.3) is 0 Å². The van der Waals surface area contributed by atoms with E-state index in [-0.39, 0.29) is 0 Å². The Morgan fingerprint density at radius 1 is 1.39 bits per heavy atom. The molecule has 2 atom stereocenters. The second kappa shape index (κ2) is 6.52. The van der Waals surface area contributed by atoms with E-state index in [9.17, 15) is 9.90 Å². The number of hydrogen-bond donors (Lipinski definition) is 1. The number of nitrogens with zero attached hydrogens (tertiary/aromatic N) is 1. The first-order valence-corrected chi connectivity index (χ1v) is 8.67. The topological polar surface area (TPSA) is 49.8 Å². The summed E-state index contributed by atoms with van der Waals surface area (Å²) in [6.07, 6.45) is 2.96. The number of benzene rings is 1. The van der Waals surface area contributed by atoms with Crippen LogP contribution in [0.1, 0.15) is 38.7 Å². The minimum absolute atomic E-state index is 0.327. The van der Waals surface area contributed by atoms with Gasteiger partial charge in [-0.05, 0) is 42.4 Å². The SMILES string of the molecule is CC(C)COc1ccc(CN2C[C@@H]3CCC[C@@]3(C(=O)O)C2)cc1. The van der Waals surface area contributed by atoms with Crippen LogP contribution in [0.4, 0.5) is 0 Å². The molecule has 2 aliphatic rings. The number of rotatable bonds is 6. The van der Waals surface area contributed by atoms with Crippen molar-refractivity contribution >= 4 is 5.97 Å². The van der Waals surface area contributed by atoms with Crippen molar-refractivity contribution in [3.63, 3.8) is 0 Å². The number of carboxylic acid groups (broad SMARTS) is 1. The van der Waals surface area contributed by atoms with Gasteiger partial charge in [0.1, 0.15) is 5.75 Å². The van der Waals surface area contributed by atoms with E-state index in [1.165, 1.54) is 5.56 Å². The number of carbonyl (C=O) groups is 1. The molecule has 2 fully saturated rings. The molecule has 1 N–H and O–H groups in total. The molecule has 1 saturated carbocycles. The largest absolute Gasteiger partial charge is 0.493 e. The van der Waals surface area contributed by atoms with Gasteiger partial charge in [-0.15, -0.1) is 0 Å². The molecule has 1 aliphatic carbocycles. The van der Waals surface area contributed by atoms with Crippen LogP contribution in [0.2, 0.25) is 0 Å². The van der Waals surface area contributed by atoms with E-state index in [4.69, 9.17) is 4.74 Å². The Hall–Kier alpha value is -1.55. The number of ether oxygens (including phenoxy) is 1. The van der Waals surface area contributed by atoms with E-state index in [0.717, 1.165) is 44.7 Å². The number of carboxylic acids is 1. The van der Waals surface area contributed by atoms with Crippen LogP contribution in [0.3, 0.4) is 0 Å². The monoisotopic (exact) mass is 317 g/mol. The Kier molecular flexibility index (Phi) is 4.62. The summed E-state index contributed by atoms with van der Waals surface area (Å²) in [6.45, 7) is 7.44. The van der Waals surface area contributed by atoms with Crippen LogP contribution in [-0.2, 0) is 11.3 Å². The summed E-state index contributed by atoms with van der Waals surface area (Å²) in [4.78, 5) is 14.0. The lowest BCUT2D eigenvalue weighted by molar-refractivity contribution is -0.149. The second-order valence-corrected chi connectivity index (χ2v) is 7.57. The quantitative estimate of drug-likeness (QED) is 0.873. The molecule has 4 heteroatoms. The maximum atomic E-state index is 11.7. The summed E-state index contributed by atoms with van der Waals surface area (Å²) in [6, 6.07) is 8.22. The van der Waals surface area contributed by atoms with Gasteiger partial charge in [0.15, 0.2) is 0 Å². The molecule has 4 nitrogen and oxygen atoms in total. The molecule has 3 rings (SSSR count). The second-order valence-electron chi connectivity index (χ2n) is 7.57. The van der Waals surface area contributed by atoms with Gasteiger partial charge in [0, 0.05) is 19.6 Å². The summed E-state index contributed by atoms with van der Waals surface area (Å²) in [5.41, 5.74) is 0.739. The predicted molar refractivity (Wildman–Crippen MR) is 89.5 cm³/mol. The van der Waals surface area contributed by atoms with Gasteiger partial charge in [0.05, 0.1) is 12.0 Å². The normalized spacial score (nSPS) is 27.3. The van der Waals surface area contributed by atoms with Crippen molar-refractivity contribution in [2.45, 2.75) is 39.7 Å². The van der Waals surface area contributed by atoms with Crippen molar-refractivity contribution in [2.75, 3.05) is 19.7 Å². The third-order valence-corrected chi connectivity index (χ3v) is 5.28. The number of likely N-dealkylation sites (tertiary alicyclic amines) is 1. The van der Waals surface area contributed by atoms with Crippen LogP contribution >= 0.6 is 0 Å². The van der Waals surface area contributed by atoms with Crippen LogP contribution in [0.15, 0.2) is 24.3 Å². The summed E-state index contributed by atoms with van der Waals surface area (Å²) in [7, 11) is 0. The molecule has 23 heavy (non-hydrogen) atoms. The van der Waals surface area contributed by atoms with Gasteiger partial charge < -0.3 is 9.84 Å². The minimum atomic E-state index is -0.597. The highest BCUT2D eigenvalue weighted by Gasteiger charge is 2.54. The standard InChI is InChI=1S/C19H27NO3/c1-14(2)12-23-17-7-5-15(6-8-17)10-20-11-16-4-3-9-19(16,13-20)18(21)22/h5-8,14,16H,3-4,9-13H2,1-2H3,(H,21,22)/t16-,19+/m0/s1. The molecule has 1 aromatic carbocycles. The van der Waals surface area contributed by atoms with Gasteiger partial charge in [-0.2, -0.15) is 0 Å². The fourth-order valence-electron chi connectivity index (χ4n) is 4.08. The molecule has 1 aromatic rings. The highest BCUT2D eigenvalue weighted by atomic mass is 16.5. The lowest BCUT2D eigenvalue weighted by Crippen LogP contribution is -2.35. The molecule has 1 saturated heterocycles. The van der Waals surface area contributed by atoms with Gasteiger partial charge in [-0.1, -0.05) is 32.4 Å². The number of hydrogen-bond acceptors (Lipinski definition) is 3. The van der Waals surface area contributed by atoms with Crippen molar-refractivity contribution in [1.82, 2.24) is 4.90 Å². The highest BCUT2D eigenvalue weighted by Crippen LogP contribution is 2.49. The molecular weight excluding hydrogens is 290 g/mol.